The zero-order valence-corrected chi connectivity index (χ0v) is 13.6. The van der Waals surface area contributed by atoms with Gasteiger partial charge in [-0.05, 0) is 30.5 Å². The van der Waals surface area contributed by atoms with Gasteiger partial charge in [-0.1, -0.05) is 48.7 Å². The van der Waals surface area contributed by atoms with E-state index < -0.39 is 0 Å². The zero-order chi connectivity index (χ0) is 13.0. The van der Waals surface area contributed by atoms with E-state index in [-0.39, 0.29) is 0 Å². The Labute approximate surface area is 123 Å². The SMILES string of the molecule is CC(C)NCc1ccc(SC2CCCC2)cc1Br. The van der Waals surface area contributed by atoms with Crippen molar-refractivity contribution in [2.75, 3.05) is 0 Å². The van der Waals surface area contributed by atoms with E-state index in [1.54, 1.807) is 0 Å². The summed E-state index contributed by atoms with van der Waals surface area (Å²) in [6.45, 7) is 5.29. The van der Waals surface area contributed by atoms with Crippen LogP contribution in [0.25, 0.3) is 0 Å². The van der Waals surface area contributed by atoms with Gasteiger partial charge in [0.1, 0.15) is 0 Å². The molecule has 0 heterocycles. The van der Waals surface area contributed by atoms with Gasteiger partial charge >= 0.3 is 0 Å². The highest BCUT2D eigenvalue weighted by molar-refractivity contribution is 9.10. The monoisotopic (exact) mass is 327 g/mol. The van der Waals surface area contributed by atoms with Gasteiger partial charge in [-0.15, -0.1) is 11.8 Å². The van der Waals surface area contributed by atoms with Crippen molar-refractivity contribution in [3.8, 4) is 0 Å². The molecule has 1 aliphatic carbocycles. The standard InChI is InChI=1S/C15H22BrNS/c1-11(2)17-10-12-7-8-14(9-15(12)16)18-13-5-3-4-6-13/h7-9,11,13,17H,3-6,10H2,1-2H3. The molecule has 0 bridgehead atoms. The highest BCUT2D eigenvalue weighted by Crippen LogP contribution is 2.36. The Bertz CT molecular complexity index is 386. The maximum atomic E-state index is 3.69. The molecule has 0 atom stereocenters. The molecule has 1 N–H and O–H groups in total. The van der Waals surface area contributed by atoms with E-state index in [1.807, 2.05) is 11.8 Å². The molecule has 1 fully saturated rings. The Balaban J connectivity index is 1.95. The molecule has 0 amide bonds. The van der Waals surface area contributed by atoms with Gasteiger partial charge in [0.2, 0.25) is 0 Å². The van der Waals surface area contributed by atoms with Crippen LogP contribution in [0.5, 0.6) is 0 Å². The summed E-state index contributed by atoms with van der Waals surface area (Å²) in [4.78, 5) is 1.40. The lowest BCUT2D eigenvalue weighted by Gasteiger charge is -2.12. The van der Waals surface area contributed by atoms with E-state index in [0.29, 0.717) is 6.04 Å². The van der Waals surface area contributed by atoms with Gasteiger partial charge in [0.25, 0.3) is 0 Å². The molecule has 18 heavy (non-hydrogen) atoms. The largest absolute Gasteiger partial charge is 0.310 e. The normalized spacial score (nSPS) is 16.7. The third-order valence-electron chi connectivity index (χ3n) is 3.33. The number of nitrogens with one attached hydrogen (secondary N) is 1. The van der Waals surface area contributed by atoms with Crippen LogP contribution in [-0.4, -0.2) is 11.3 Å². The molecule has 100 valence electrons. The predicted molar refractivity (Wildman–Crippen MR) is 84.2 cm³/mol. The summed E-state index contributed by atoms with van der Waals surface area (Å²) in [6, 6.07) is 7.33. The smallest absolute Gasteiger partial charge is 0.0231 e. The van der Waals surface area contributed by atoms with Crippen LogP contribution in [0, 0.1) is 0 Å². The number of halogens is 1. The van der Waals surface area contributed by atoms with Crippen LogP contribution in [0.4, 0.5) is 0 Å². The van der Waals surface area contributed by atoms with E-state index in [0.717, 1.165) is 11.8 Å². The average molecular weight is 328 g/mol. The molecule has 0 aliphatic heterocycles. The van der Waals surface area contributed by atoms with Crippen molar-refractivity contribution in [1.29, 1.82) is 0 Å². The van der Waals surface area contributed by atoms with Crippen LogP contribution in [0.3, 0.4) is 0 Å². The summed E-state index contributed by atoms with van der Waals surface area (Å²) in [5.41, 5.74) is 1.35. The molecule has 1 aliphatic rings. The van der Waals surface area contributed by atoms with Crippen molar-refractivity contribution in [2.24, 2.45) is 0 Å². The van der Waals surface area contributed by atoms with Gasteiger partial charge in [0.15, 0.2) is 0 Å². The molecule has 1 aromatic carbocycles. The fraction of sp³-hybridized carbons (Fsp3) is 0.600. The van der Waals surface area contributed by atoms with E-state index >= 15 is 0 Å². The highest BCUT2D eigenvalue weighted by Gasteiger charge is 2.16. The van der Waals surface area contributed by atoms with Crippen LogP contribution in [-0.2, 0) is 6.54 Å². The molecule has 1 saturated carbocycles. The van der Waals surface area contributed by atoms with Gasteiger partial charge < -0.3 is 5.32 Å². The third kappa shape index (κ3) is 4.29. The minimum absolute atomic E-state index is 0.532. The number of rotatable bonds is 5. The topological polar surface area (TPSA) is 12.0 Å². The van der Waals surface area contributed by atoms with Crippen molar-refractivity contribution in [3.05, 3.63) is 28.2 Å². The Kier molecular flexibility index (Phi) is 5.58. The van der Waals surface area contributed by atoms with Crippen LogP contribution in [0.15, 0.2) is 27.6 Å². The van der Waals surface area contributed by atoms with Crippen LogP contribution in [0.2, 0.25) is 0 Å². The molecule has 1 nitrogen and oxygen atoms in total. The Morgan fingerprint density at radius 3 is 2.67 bits per heavy atom. The molecule has 1 aromatic rings. The van der Waals surface area contributed by atoms with Crippen LogP contribution < -0.4 is 5.32 Å². The highest BCUT2D eigenvalue weighted by atomic mass is 79.9. The third-order valence-corrected chi connectivity index (χ3v) is 5.40. The second-order valence-corrected chi connectivity index (χ2v) is 7.54. The van der Waals surface area contributed by atoms with Crippen molar-refractivity contribution in [2.45, 2.75) is 62.3 Å². The van der Waals surface area contributed by atoms with Crippen molar-refractivity contribution < 1.29 is 0 Å². The summed E-state index contributed by atoms with van der Waals surface area (Å²) in [7, 11) is 0. The van der Waals surface area contributed by atoms with Gasteiger partial charge in [0.05, 0.1) is 0 Å². The first-order chi connectivity index (χ1) is 8.65. The summed E-state index contributed by atoms with van der Waals surface area (Å²) in [5.74, 6) is 0. The summed E-state index contributed by atoms with van der Waals surface area (Å²) >= 11 is 5.74. The Morgan fingerprint density at radius 1 is 1.33 bits per heavy atom. The van der Waals surface area contributed by atoms with Gasteiger partial charge in [-0.25, -0.2) is 0 Å². The van der Waals surface area contributed by atoms with Crippen molar-refractivity contribution >= 4 is 27.7 Å². The zero-order valence-electron chi connectivity index (χ0n) is 11.2. The first-order valence-electron chi connectivity index (χ1n) is 6.83. The van der Waals surface area contributed by atoms with E-state index in [4.69, 9.17) is 0 Å². The second-order valence-electron chi connectivity index (χ2n) is 5.31. The predicted octanol–water partition coefficient (Wildman–Crippen LogP) is 4.98. The maximum Gasteiger partial charge on any atom is 0.0231 e. The Morgan fingerprint density at radius 2 is 2.06 bits per heavy atom. The first kappa shape index (κ1) is 14.4. The summed E-state index contributed by atoms with van der Waals surface area (Å²) in [6.07, 6.45) is 5.60. The number of thioether (sulfide) groups is 1. The van der Waals surface area contributed by atoms with E-state index in [9.17, 15) is 0 Å². The molecule has 0 unspecified atom stereocenters. The lowest BCUT2D eigenvalue weighted by Crippen LogP contribution is -2.21. The Hall–Kier alpha value is 0.01000. The quantitative estimate of drug-likeness (QED) is 0.818. The fourth-order valence-corrected chi connectivity index (χ4v) is 4.21. The first-order valence-corrected chi connectivity index (χ1v) is 8.51. The van der Waals surface area contributed by atoms with E-state index in [2.05, 4.69) is 53.3 Å². The number of hydrogen-bond donors (Lipinski definition) is 1. The average Bonchev–Trinajstić information content (AvgIpc) is 2.80. The lowest BCUT2D eigenvalue weighted by atomic mass is 10.2. The minimum Gasteiger partial charge on any atom is -0.310 e. The number of hydrogen-bond acceptors (Lipinski definition) is 2. The van der Waals surface area contributed by atoms with Crippen molar-refractivity contribution in [3.63, 3.8) is 0 Å². The molecule has 0 radical (unpaired) electrons. The molecule has 2 rings (SSSR count). The molecule has 3 heteroatoms. The molecule has 0 aromatic heterocycles. The molecule has 0 spiro atoms. The molecule has 0 saturated heterocycles. The maximum absolute atomic E-state index is 3.69. The second kappa shape index (κ2) is 6.97. The van der Waals surface area contributed by atoms with Crippen LogP contribution in [0.1, 0.15) is 45.1 Å². The number of benzene rings is 1. The lowest BCUT2D eigenvalue weighted by molar-refractivity contribution is 0.587. The summed E-state index contributed by atoms with van der Waals surface area (Å²) < 4.78 is 1.23. The van der Waals surface area contributed by atoms with E-state index in [1.165, 1.54) is 40.6 Å². The van der Waals surface area contributed by atoms with Gasteiger partial charge in [0, 0.05) is 27.2 Å². The van der Waals surface area contributed by atoms with Gasteiger partial charge in [-0.2, -0.15) is 0 Å². The molecular weight excluding hydrogens is 306 g/mol. The fourth-order valence-electron chi connectivity index (χ4n) is 2.26. The van der Waals surface area contributed by atoms with Crippen LogP contribution >= 0.6 is 27.7 Å². The summed E-state index contributed by atoms with van der Waals surface area (Å²) in [5, 5.41) is 4.30. The van der Waals surface area contributed by atoms with Crippen molar-refractivity contribution in [1.82, 2.24) is 5.32 Å². The minimum atomic E-state index is 0.532. The molecular formula is C15H22BrNS. The van der Waals surface area contributed by atoms with Gasteiger partial charge in [-0.3, -0.25) is 0 Å².